The highest BCUT2D eigenvalue weighted by molar-refractivity contribution is 7.89. The Morgan fingerprint density at radius 3 is 2.61 bits per heavy atom. The molecule has 0 aromatic heterocycles. The van der Waals surface area contributed by atoms with Crippen molar-refractivity contribution >= 4 is 33.4 Å². The first-order chi connectivity index (χ1) is 14.6. The third kappa shape index (κ3) is 5.34. The molecular formula is C23H26ClNO5S. The number of rotatable bonds is 6. The summed E-state index contributed by atoms with van der Waals surface area (Å²) < 4.78 is 32.7. The van der Waals surface area contributed by atoms with Gasteiger partial charge in [0.05, 0.1) is 10.6 Å². The van der Waals surface area contributed by atoms with Crippen molar-refractivity contribution in [3.8, 4) is 0 Å². The minimum Gasteiger partial charge on any atom is -0.454 e. The lowest BCUT2D eigenvalue weighted by atomic mass is 10.0. The Labute approximate surface area is 188 Å². The molecule has 0 amide bonds. The fourth-order valence-corrected chi connectivity index (χ4v) is 5.76. The summed E-state index contributed by atoms with van der Waals surface area (Å²) in [5, 5.41) is 0.0428. The Hall–Kier alpha value is -2.22. The van der Waals surface area contributed by atoms with Crippen molar-refractivity contribution in [2.24, 2.45) is 5.92 Å². The van der Waals surface area contributed by atoms with E-state index in [4.69, 9.17) is 16.3 Å². The topological polar surface area (TPSA) is 80.8 Å². The number of hydrogen-bond donors (Lipinski definition) is 0. The highest BCUT2D eigenvalue weighted by Gasteiger charge is 2.31. The van der Waals surface area contributed by atoms with Crippen LogP contribution in [0.3, 0.4) is 0 Å². The van der Waals surface area contributed by atoms with Crippen LogP contribution in [0.2, 0.25) is 5.02 Å². The van der Waals surface area contributed by atoms with Gasteiger partial charge in [-0.05, 0) is 62.4 Å². The number of halogens is 1. The second kappa shape index (κ2) is 9.51. The van der Waals surface area contributed by atoms with Gasteiger partial charge in [-0.25, -0.2) is 13.2 Å². The molecule has 1 fully saturated rings. The third-order valence-electron chi connectivity index (χ3n) is 5.43. The minimum absolute atomic E-state index is 0.0294. The first kappa shape index (κ1) is 23.4. The van der Waals surface area contributed by atoms with Crippen molar-refractivity contribution in [2.75, 3.05) is 19.7 Å². The quantitative estimate of drug-likeness (QED) is 0.468. The predicted octanol–water partition coefficient (Wildman–Crippen LogP) is 4.42. The molecule has 0 N–H and O–H groups in total. The molecule has 1 unspecified atom stereocenters. The molecule has 2 aromatic rings. The van der Waals surface area contributed by atoms with Crippen molar-refractivity contribution in [3.63, 3.8) is 0 Å². The van der Waals surface area contributed by atoms with Crippen molar-refractivity contribution in [2.45, 2.75) is 38.5 Å². The maximum Gasteiger partial charge on any atom is 0.338 e. The van der Waals surface area contributed by atoms with Crippen molar-refractivity contribution in [1.82, 2.24) is 4.31 Å². The van der Waals surface area contributed by atoms with E-state index in [1.807, 2.05) is 32.9 Å². The zero-order chi connectivity index (χ0) is 22.8. The van der Waals surface area contributed by atoms with Gasteiger partial charge in [-0.3, -0.25) is 4.79 Å². The summed E-state index contributed by atoms with van der Waals surface area (Å²) in [5.41, 5.74) is 2.25. The third-order valence-corrected chi connectivity index (χ3v) is 7.78. The lowest BCUT2D eigenvalue weighted by molar-refractivity contribution is 0.0474. The zero-order valence-electron chi connectivity index (χ0n) is 17.9. The van der Waals surface area contributed by atoms with E-state index in [2.05, 4.69) is 0 Å². The summed E-state index contributed by atoms with van der Waals surface area (Å²) in [5.74, 6) is -0.844. The van der Waals surface area contributed by atoms with Crippen LogP contribution < -0.4 is 0 Å². The van der Waals surface area contributed by atoms with Gasteiger partial charge in [-0.1, -0.05) is 36.2 Å². The number of Topliss-reactive ketones (excluding diaryl/α,β-unsaturated/α-hetero) is 1. The minimum atomic E-state index is -3.84. The fourth-order valence-electron chi connectivity index (χ4n) is 3.66. The van der Waals surface area contributed by atoms with Gasteiger partial charge in [-0.2, -0.15) is 4.31 Å². The van der Waals surface area contributed by atoms with Crippen LogP contribution in [0, 0.1) is 19.8 Å². The predicted molar refractivity (Wildman–Crippen MR) is 119 cm³/mol. The number of aryl methyl sites for hydroxylation is 2. The lowest BCUT2D eigenvalue weighted by Gasteiger charge is -2.30. The van der Waals surface area contributed by atoms with Gasteiger partial charge in [0.15, 0.2) is 6.61 Å². The van der Waals surface area contributed by atoms with Gasteiger partial charge in [0.2, 0.25) is 15.8 Å². The summed E-state index contributed by atoms with van der Waals surface area (Å²) in [7, 11) is -3.84. The molecule has 166 valence electrons. The van der Waals surface area contributed by atoms with Crippen LogP contribution >= 0.6 is 11.6 Å². The number of sulfonamides is 1. The fraction of sp³-hybridized carbons (Fsp3) is 0.391. The number of esters is 1. The van der Waals surface area contributed by atoms with Gasteiger partial charge < -0.3 is 4.74 Å². The van der Waals surface area contributed by atoms with Crippen LogP contribution in [0.15, 0.2) is 41.3 Å². The number of carbonyl (C=O) groups excluding carboxylic acids is 2. The SMILES string of the molecule is Cc1ccc(C)c(C(=O)COC(=O)c2ccc(Cl)c(S(=O)(=O)N3CCCC(C)C3)c2)c1. The molecule has 3 rings (SSSR count). The van der Waals surface area contributed by atoms with E-state index >= 15 is 0 Å². The molecule has 8 heteroatoms. The standard InChI is InChI=1S/C23H26ClNO5S/c1-15-6-7-17(3)19(11-15)21(26)14-30-23(27)18-8-9-20(24)22(12-18)31(28,29)25-10-4-5-16(2)13-25/h6-9,11-12,16H,4-5,10,13-14H2,1-3H3. The van der Waals surface area contributed by atoms with Crippen molar-refractivity contribution in [3.05, 3.63) is 63.7 Å². The molecule has 1 aliphatic heterocycles. The zero-order valence-corrected chi connectivity index (χ0v) is 19.4. The molecule has 1 saturated heterocycles. The average molecular weight is 464 g/mol. The number of ether oxygens (including phenoxy) is 1. The maximum absolute atomic E-state index is 13.1. The maximum atomic E-state index is 13.1. The van der Waals surface area contributed by atoms with Gasteiger partial charge in [0.1, 0.15) is 4.90 Å². The molecule has 0 radical (unpaired) electrons. The smallest absolute Gasteiger partial charge is 0.338 e. The number of ketones is 1. The summed E-state index contributed by atoms with van der Waals surface area (Å²) in [6.07, 6.45) is 1.75. The molecular weight excluding hydrogens is 438 g/mol. The van der Waals surface area contributed by atoms with E-state index in [1.54, 1.807) is 6.07 Å². The molecule has 0 spiro atoms. The molecule has 1 heterocycles. The van der Waals surface area contributed by atoms with Crippen molar-refractivity contribution in [1.29, 1.82) is 0 Å². The molecule has 1 aliphatic rings. The Morgan fingerprint density at radius 2 is 1.90 bits per heavy atom. The van der Waals surface area contributed by atoms with Crippen LogP contribution in [-0.2, 0) is 14.8 Å². The molecule has 31 heavy (non-hydrogen) atoms. The van der Waals surface area contributed by atoms with Crippen LogP contribution in [0.1, 0.15) is 51.6 Å². The Morgan fingerprint density at radius 1 is 1.16 bits per heavy atom. The Balaban J connectivity index is 1.77. The van der Waals surface area contributed by atoms with E-state index in [0.717, 1.165) is 24.0 Å². The second-order valence-corrected chi connectivity index (χ2v) is 10.4. The summed E-state index contributed by atoms with van der Waals surface area (Å²) in [6.45, 7) is 6.09. The molecule has 2 aromatic carbocycles. The summed E-state index contributed by atoms with van der Waals surface area (Å²) in [4.78, 5) is 24.9. The van der Waals surface area contributed by atoms with Crippen LogP contribution in [0.5, 0.6) is 0 Å². The molecule has 6 nitrogen and oxygen atoms in total. The molecule has 0 bridgehead atoms. The van der Waals surface area contributed by atoms with E-state index in [9.17, 15) is 18.0 Å². The summed E-state index contributed by atoms with van der Waals surface area (Å²) in [6, 6.07) is 9.47. The average Bonchev–Trinajstić information content (AvgIpc) is 2.73. The first-order valence-corrected chi connectivity index (χ1v) is 12.0. The van der Waals surface area contributed by atoms with Gasteiger partial charge in [0, 0.05) is 18.7 Å². The number of carbonyl (C=O) groups is 2. The highest BCUT2D eigenvalue weighted by Crippen LogP contribution is 2.29. The number of hydrogen-bond acceptors (Lipinski definition) is 5. The summed E-state index contributed by atoms with van der Waals surface area (Å²) >= 11 is 6.17. The number of nitrogens with zero attached hydrogens (tertiary/aromatic N) is 1. The molecule has 0 saturated carbocycles. The molecule has 1 atom stereocenters. The van der Waals surface area contributed by atoms with Gasteiger partial charge in [-0.15, -0.1) is 0 Å². The van der Waals surface area contributed by atoms with Crippen LogP contribution in [-0.4, -0.2) is 44.2 Å². The van der Waals surface area contributed by atoms with E-state index in [0.29, 0.717) is 18.7 Å². The van der Waals surface area contributed by atoms with E-state index in [1.165, 1.54) is 22.5 Å². The lowest BCUT2D eigenvalue weighted by Crippen LogP contribution is -2.39. The van der Waals surface area contributed by atoms with E-state index < -0.39 is 22.6 Å². The second-order valence-electron chi connectivity index (χ2n) is 8.07. The monoisotopic (exact) mass is 463 g/mol. The highest BCUT2D eigenvalue weighted by atomic mass is 35.5. The number of piperidine rings is 1. The van der Waals surface area contributed by atoms with Gasteiger partial charge >= 0.3 is 5.97 Å². The van der Waals surface area contributed by atoms with Crippen molar-refractivity contribution < 1.29 is 22.7 Å². The van der Waals surface area contributed by atoms with E-state index in [-0.39, 0.29) is 27.2 Å². The first-order valence-electron chi connectivity index (χ1n) is 10.2. The normalized spacial score (nSPS) is 17.4. The Kier molecular flexibility index (Phi) is 7.19. The largest absolute Gasteiger partial charge is 0.454 e. The van der Waals surface area contributed by atoms with Crippen LogP contribution in [0.25, 0.3) is 0 Å². The van der Waals surface area contributed by atoms with Gasteiger partial charge in [0.25, 0.3) is 0 Å². The van der Waals surface area contributed by atoms with Crippen LogP contribution in [0.4, 0.5) is 0 Å². The Bertz CT molecular complexity index is 1110. The number of benzene rings is 2. The molecule has 0 aliphatic carbocycles.